The van der Waals surface area contributed by atoms with Gasteiger partial charge in [0.25, 0.3) is 0 Å². The molecule has 4 nitrogen and oxygen atoms in total. The minimum atomic E-state index is -0.269. The van der Waals surface area contributed by atoms with Gasteiger partial charge in [-0.25, -0.2) is 0 Å². The summed E-state index contributed by atoms with van der Waals surface area (Å²) in [5.74, 6) is 1.70. The maximum absolute atomic E-state index is 12.9. The topological polar surface area (TPSA) is 62.2 Å². The van der Waals surface area contributed by atoms with Crippen LogP contribution in [0.4, 0.5) is 0 Å². The zero-order chi connectivity index (χ0) is 19.5. The maximum atomic E-state index is 12.9. The van der Waals surface area contributed by atoms with E-state index in [1.54, 1.807) is 0 Å². The number of pyridine rings is 1. The van der Waals surface area contributed by atoms with Crippen LogP contribution in [0.15, 0.2) is 30.6 Å². The van der Waals surface area contributed by atoms with Gasteiger partial charge in [-0.05, 0) is 84.3 Å². The van der Waals surface area contributed by atoms with Crippen LogP contribution in [0.3, 0.4) is 0 Å². The molecule has 1 aromatic rings. The first-order valence-electron chi connectivity index (χ1n) is 11.0. The lowest BCUT2D eigenvalue weighted by Crippen LogP contribution is -2.54. The molecule has 3 aliphatic carbocycles. The monoisotopic (exact) mass is 380 g/mol. The molecule has 150 valence electrons. The number of aliphatic hydroxyl groups is 1. The third kappa shape index (κ3) is 2.60. The van der Waals surface area contributed by atoms with Crippen LogP contribution in [0.25, 0.3) is 5.57 Å². The number of carbonyl (C=O) groups excluding carboxylic acids is 1. The van der Waals surface area contributed by atoms with Crippen molar-refractivity contribution in [3.63, 3.8) is 0 Å². The fourth-order valence-corrected chi connectivity index (χ4v) is 7.37. The number of nitrogens with zero attached hydrogens (tertiary/aromatic N) is 1. The van der Waals surface area contributed by atoms with Gasteiger partial charge in [-0.15, -0.1) is 0 Å². The normalized spacial score (nSPS) is 45.2. The molecule has 2 heterocycles. The number of hydrogen-bond acceptors (Lipinski definition) is 3. The van der Waals surface area contributed by atoms with Crippen molar-refractivity contribution in [1.29, 1.82) is 0 Å². The van der Waals surface area contributed by atoms with E-state index in [-0.39, 0.29) is 28.9 Å². The Morgan fingerprint density at radius 1 is 1.21 bits per heavy atom. The third-order valence-corrected chi connectivity index (χ3v) is 8.91. The molecule has 0 bridgehead atoms. The summed E-state index contributed by atoms with van der Waals surface area (Å²) in [4.78, 5) is 17.2. The van der Waals surface area contributed by atoms with Crippen molar-refractivity contribution < 1.29 is 9.90 Å². The van der Waals surface area contributed by atoms with Gasteiger partial charge < -0.3 is 10.4 Å². The van der Waals surface area contributed by atoms with E-state index in [1.807, 2.05) is 18.5 Å². The summed E-state index contributed by atoms with van der Waals surface area (Å²) in [5.41, 5.74) is 2.92. The van der Waals surface area contributed by atoms with Gasteiger partial charge in [-0.1, -0.05) is 26.0 Å². The lowest BCUT2D eigenvalue weighted by Gasteiger charge is -2.55. The summed E-state index contributed by atoms with van der Waals surface area (Å²) in [6.07, 6.45) is 12.7. The van der Waals surface area contributed by atoms with Gasteiger partial charge in [0.1, 0.15) is 0 Å². The highest BCUT2D eigenvalue weighted by molar-refractivity contribution is 5.78. The molecule has 3 fully saturated rings. The first kappa shape index (κ1) is 18.4. The van der Waals surface area contributed by atoms with Crippen LogP contribution in [0.5, 0.6) is 0 Å². The maximum Gasteiger partial charge on any atom is 0.220 e. The zero-order valence-corrected chi connectivity index (χ0v) is 17.0. The van der Waals surface area contributed by atoms with Crippen LogP contribution < -0.4 is 5.32 Å². The van der Waals surface area contributed by atoms with Gasteiger partial charge in [0.2, 0.25) is 5.91 Å². The summed E-state index contributed by atoms with van der Waals surface area (Å²) in [7, 11) is 0. The van der Waals surface area contributed by atoms with Crippen LogP contribution in [-0.2, 0) is 4.79 Å². The first-order valence-corrected chi connectivity index (χ1v) is 11.0. The fourth-order valence-electron chi connectivity index (χ4n) is 7.37. The molecule has 4 aliphatic rings. The standard InChI is InChI=1S/C24H32N2O2/c1-23-10-8-20-17(19(23)6-5-18(23)15-4-3-11-25-14-15)13-22(28)26-21-12-16(27)7-9-24(20,21)2/h3-5,11,14,16-17,19-21,27H,6-10,12-13H2,1-2H3,(H,26,28)/t16-,17-,19-,20-,21-,23+,24+/m0/s1. The quantitative estimate of drug-likeness (QED) is 0.775. The molecule has 5 rings (SSSR count). The second kappa shape index (κ2) is 6.41. The van der Waals surface area contributed by atoms with E-state index < -0.39 is 0 Å². The number of aromatic nitrogens is 1. The summed E-state index contributed by atoms with van der Waals surface area (Å²) in [6, 6.07) is 4.32. The predicted octanol–water partition coefficient (Wildman–Crippen LogP) is 3.96. The van der Waals surface area contributed by atoms with Crippen molar-refractivity contribution in [2.75, 3.05) is 0 Å². The Bertz CT molecular complexity index is 806. The van der Waals surface area contributed by atoms with Crippen LogP contribution in [0.1, 0.15) is 64.4 Å². The number of aliphatic hydroxyl groups excluding tert-OH is 1. The average Bonchev–Trinajstić information content (AvgIpc) is 2.98. The van der Waals surface area contributed by atoms with E-state index >= 15 is 0 Å². The van der Waals surface area contributed by atoms with E-state index in [4.69, 9.17) is 0 Å². The minimum absolute atomic E-state index is 0.106. The van der Waals surface area contributed by atoms with Gasteiger partial charge in [0, 0.05) is 24.9 Å². The number of carbonyl (C=O) groups is 1. The minimum Gasteiger partial charge on any atom is -0.393 e. The van der Waals surface area contributed by atoms with Gasteiger partial charge >= 0.3 is 0 Å². The highest BCUT2D eigenvalue weighted by Gasteiger charge is 2.58. The number of allylic oxidation sites excluding steroid dienone is 2. The molecule has 0 spiro atoms. The second-order valence-electron chi connectivity index (χ2n) is 10.2. The molecule has 1 saturated heterocycles. The van der Waals surface area contributed by atoms with Gasteiger partial charge in [0.15, 0.2) is 0 Å². The van der Waals surface area contributed by atoms with Crippen molar-refractivity contribution >= 4 is 11.5 Å². The van der Waals surface area contributed by atoms with Crippen molar-refractivity contribution in [1.82, 2.24) is 10.3 Å². The predicted molar refractivity (Wildman–Crippen MR) is 109 cm³/mol. The lowest BCUT2D eigenvalue weighted by molar-refractivity contribution is -0.123. The molecule has 4 heteroatoms. The molecule has 1 amide bonds. The number of amides is 1. The van der Waals surface area contributed by atoms with Crippen molar-refractivity contribution in [3.05, 3.63) is 36.2 Å². The van der Waals surface area contributed by atoms with Crippen LogP contribution in [-0.4, -0.2) is 28.1 Å². The number of hydrogen-bond donors (Lipinski definition) is 2. The number of rotatable bonds is 1. The molecule has 0 unspecified atom stereocenters. The Kier molecular flexibility index (Phi) is 4.20. The van der Waals surface area contributed by atoms with Crippen molar-refractivity contribution in [3.8, 4) is 0 Å². The van der Waals surface area contributed by atoms with Crippen LogP contribution >= 0.6 is 0 Å². The molecule has 2 saturated carbocycles. The highest BCUT2D eigenvalue weighted by Crippen LogP contribution is 2.64. The Morgan fingerprint density at radius 2 is 2.07 bits per heavy atom. The smallest absolute Gasteiger partial charge is 0.220 e. The fraction of sp³-hybridized carbons (Fsp3) is 0.667. The van der Waals surface area contributed by atoms with Crippen molar-refractivity contribution in [2.45, 2.75) is 70.9 Å². The van der Waals surface area contributed by atoms with Gasteiger partial charge in [0.05, 0.1) is 6.10 Å². The zero-order valence-electron chi connectivity index (χ0n) is 17.0. The average molecular weight is 381 g/mol. The summed E-state index contributed by atoms with van der Waals surface area (Å²) < 4.78 is 0. The van der Waals surface area contributed by atoms with Crippen molar-refractivity contribution in [2.24, 2.45) is 28.6 Å². The Balaban J connectivity index is 1.50. The molecule has 1 aromatic heterocycles. The number of nitrogens with one attached hydrogen (secondary N) is 1. The van der Waals surface area contributed by atoms with E-state index in [2.05, 4.69) is 36.3 Å². The Morgan fingerprint density at radius 3 is 2.86 bits per heavy atom. The molecule has 0 radical (unpaired) electrons. The summed E-state index contributed by atoms with van der Waals surface area (Å²) in [5, 5.41) is 13.5. The van der Waals surface area contributed by atoms with Crippen LogP contribution in [0, 0.1) is 28.6 Å². The molecule has 1 aliphatic heterocycles. The molecular formula is C24H32N2O2. The van der Waals surface area contributed by atoms with Gasteiger partial charge in [-0.2, -0.15) is 0 Å². The summed E-state index contributed by atoms with van der Waals surface area (Å²) in [6.45, 7) is 4.81. The Hall–Kier alpha value is -1.68. The lowest BCUT2D eigenvalue weighted by atomic mass is 9.50. The van der Waals surface area contributed by atoms with E-state index in [9.17, 15) is 9.90 Å². The third-order valence-electron chi connectivity index (χ3n) is 8.91. The van der Waals surface area contributed by atoms with E-state index in [0.29, 0.717) is 30.6 Å². The molecule has 2 N–H and O–H groups in total. The highest BCUT2D eigenvalue weighted by atomic mass is 16.3. The Labute approximate surface area is 167 Å². The van der Waals surface area contributed by atoms with Crippen LogP contribution in [0.2, 0.25) is 0 Å². The second-order valence-corrected chi connectivity index (χ2v) is 10.2. The molecular weight excluding hydrogens is 348 g/mol. The summed E-state index contributed by atoms with van der Waals surface area (Å²) >= 11 is 0. The first-order chi connectivity index (χ1) is 13.4. The molecule has 0 aromatic carbocycles. The number of fused-ring (bicyclic) bond motifs is 5. The van der Waals surface area contributed by atoms with E-state index in [1.165, 1.54) is 24.0 Å². The largest absolute Gasteiger partial charge is 0.393 e. The SMILES string of the molecule is C[C@]12CC[C@H](O)C[C@@H]1NC(=O)C[C@@H]1[C@@H]2CC[C@]2(C)C(c3cccnc3)=CC[C@@H]12. The molecule has 7 atom stereocenters. The molecule has 28 heavy (non-hydrogen) atoms. The van der Waals surface area contributed by atoms with E-state index in [0.717, 1.165) is 19.3 Å². The van der Waals surface area contributed by atoms with Gasteiger partial charge in [-0.3, -0.25) is 9.78 Å².